The third kappa shape index (κ3) is 5.94. The van der Waals surface area contributed by atoms with Crippen molar-refractivity contribution in [1.82, 2.24) is 0 Å². The predicted molar refractivity (Wildman–Crippen MR) is 90.4 cm³/mol. The van der Waals surface area contributed by atoms with E-state index < -0.39 is 0 Å². The minimum Gasteiger partial charge on any atom is -0.360 e. The fraction of sp³-hybridized carbons (Fsp3) is 0.625. The van der Waals surface area contributed by atoms with Gasteiger partial charge in [-0.3, -0.25) is 0 Å². The van der Waals surface area contributed by atoms with E-state index in [1.165, 1.54) is 11.1 Å². The van der Waals surface area contributed by atoms with Crippen LogP contribution in [-0.4, -0.2) is 59.3 Å². The monoisotopic (exact) mass is 338 g/mol. The summed E-state index contributed by atoms with van der Waals surface area (Å²) in [6.45, 7) is 4.42. The molecule has 0 aromatic heterocycles. The van der Waals surface area contributed by atoms with Crippen LogP contribution in [0.2, 0.25) is 0 Å². The summed E-state index contributed by atoms with van der Waals surface area (Å²) in [5, 5.41) is 0. The van der Waals surface area contributed by atoms with E-state index in [9.17, 15) is 0 Å². The molecule has 2 atom stereocenters. The van der Waals surface area contributed by atoms with Crippen LogP contribution in [0.5, 0.6) is 0 Å². The number of benzene rings is 1. The summed E-state index contributed by atoms with van der Waals surface area (Å²) in [5.41, 5.74) is 3.44. The first-order valence-electron chi connectivity index (χ1n) is 7.28. The van der Waals surface area contributed by atoms with Gasteiger partial charge in [0.2, 0.25) is 0 Å². The smallest absolute Gasteiger partial charge is 0.137 e. The molecule has 0 fully saturated rings. The molecule has 1 aromatic rings. The number of hydrogen-bond acceptors (Lipinski definition) is 4. The van der Waals surface area contributed by atoms with Crippen molar-refractivity contribution in [1.29, 1.82) is 0 Å². The molecule has 0 amide bonds. The molecule has 4 radical (unpaired) electrons. The van der Waals surface area contributed by atoms with Crippen LogP contribution >= 0.6 is 0 Å². The first-order chi connectivity index (χ1) is 10.5. The zero-order valence-electron chi connectivity index (χ0n) is 14.3. The minimum atomic E-state index is -0.135. The van der Waals surface area contributed by atoms with E-state index in [-0.39, 0.29) is 11.8 Å². The summed E-state index contributed by atoms with van der Waals surface area (Å²) < 4.78 is 21.2. The Morgan fingerprint density at radius 2 is 1.09 bits per heavy atom. The van der Waals surface area contributed by atoms with Gasteiger partial charge < -0.3 is 18.9 Å². The maximum Gasteiger partial charge on any atom is 0.137 e. The lowest BCUT2D eigenvalue weighted by atomic mass is 10.1. The fourth-order valence-corrected chi connectivity index (χ4v) is 4.27. The molecule has 0 spiro atoms. The molecule has 0 heterocycles. The molecular formula is C16H26O4Si2. The van der Waals surface area contributed by atoms with E-state index in [4.69, 9.17) is 18.9 Å². The van der Waals surface area contributed by atoms with Gasteiger partial charge in [0.05, 0.1) is 0 Å². The Morgan fingerprint density at radius 1 is 0.727 bits per heavy atom. The molecule has 1 aromatic carbocycles. The zero-order valence-corrected chi connectivity index (χ0v) is 16.3. The van der Waals surface area contributed by atoms with Gasteiger partial charge in [-0.1, -0.05) is 38.1 Å². The second-order valence-corrected chi connectivity index (χ2v) is 8.40. The Labute approximate surface area is 139 Å². The second-order valence-electron chi connectivity index (χ2n) is 5.05. The summed E-state index contributed by atoms with van der Waals surface area (Å²) in [6, 6.07) is 8.74. The zero-order chi connectivity index (χ0) is 16.5. The summed E-state index contributed by atoms with van der Waals surface area (Å²) >= 11 is 0. The Morgan fingerprint density at radius 3 is 1.41 bits per heavy atom. The van der Waals surface area contributed by atoms with E-state index in [1.54, 1.807) is 28.4 Å². The van der Waals surface area contributed by atoms with Gasteiger partial charge in [0.1, 0.15) is 30.9 Å². The summed E-state index contributed by atoms with van der Waals surface area (Å²) in [7, 11) is 7.87. The molecule has 22 heavy (non-hydrogen) atoms. The third-order valence-corrected chi connectivity index (χ3v) is 6.69. The standard InChI is InChI=1S/C16H26O4Si2/c1-11(21-15(17-3)18-4)13-8-7-9-14(10-13)12(2)22-16(19-5)20-6/h7-12,15-16H,1-6H3. The van der Waals surface area contributed by atoms with Crippen LogP contribution < -0.4 is 0 Å². The summed E-state index contributed by atoms with van der Waals surface area (Å²) in [6.07, 6.45) is 0. The van der Waals surface area contributed by atoms with Crippen molar-refractivity contribution in [2.75, 3.05) is 28.4 Å². The quantitative estimate of drug-likeness (QED) is 0.485. The molecular weight excluding hydrogens is 312 g/mol. The molecule has 122 valence electrons. The van der Waals surface area contributed by atoms with Gasteiger partial charge in [-0.15, -0.1) is 0 Å². The second kappa shape index (κ2) is 10.3. The molecule has 0 aliphatic rings. The van der Waals surface area contributed by atoms with Crippen LogP contribution in [0.4, 0.5) is 0 Å². The normalized spacial score (nSPS) is 14.5. The van der Waals surface area contributed by atoms with Gasteiger partial charge in [-0.05, 0) is 22.2 Å². The van der Waals surface area contributed by atoms with E-state index >= 15 is 0 Å². The van der Waals surface area contributed by atoms with Crippen molar-refractivity contribution in [3.05, 3.63) is 35.4 Å². The van der Waals surface area contributed by atoms with Crippen molar-refractivity contribution in [2.45, 2.75) is 36.8 Å². The van der Waals surface area contributed by atoms with E-state index in [0.29, 0.717) is 30.1 Å². The lowest BCUT2D eigenvalue weighted by molar-refractivity contribution is -0.0447. The topological polar surface area (TPSA) is 36.9 Å². The molecule has 0 aliphatic carbocycles. The predicted octanol–water partition coefficient (Wildman–Crippen LogP) is 2.37. The number of rotatable bonds is 10. The Hall–Kier alpha value is -0.506. The molecule has 1 rings (SSSR count). The van der Waals surface area contributed by atoms with Gasteiger partial charge in [0, 0.05) is 28.4 Å². The van der Waals surface area contributed by atoms with Crippen molar-refractivity contribution in [3.63, 3.8) is 0 Å². The van der Waals surface area contributed by atoms with Crippen LogP contribution in [0.1, 0.15) is 36.1 Å². The van der Waals surface area contributed by atoms with E-state index in [0.717, 1.165) is 0 Å². The highest BCUT2D eigenvalue weighted by Gasteiger charge is 2.18. The highest BCUT2D eigenvalue weighted by Crippen LogP contribution is 2.22. The molecule has 6 heteroatoms. The van der Waals surface area contributed by atoms with Gasteiger partial charge >= 0.3 is 0 Å². The number of hydrogen-bond donors (Lipinski definition) is 0. The Bertz CT molecular complexity index is 387. The highest BCUT2D eigenvalue weighted by atomic mass is 28.2. The first kappa shape index (κ1) is 19.5. The molecule has 0 bridgehead atoms. The van der Waals surface area contributed by atoms with Crippen LogP contribution in [0, 0.1) is 0 Å². The minimum absolute atomic E-state index is 0.135. The van der Waals surface area contributed by atoms with Crippen LogP contribution in [-0.2, 0) is 18.9 Å². The SMILES string of the molecule is COC(OC)[Si]C(C)c1cccc(C(C)[Si]C(OC)OC)c1. The van der Waals surface area contributed by atoms with Crippen LogP contribution in [0.3, 0.4) is 0 Å². The maximum atomic E-state index is 5.31. The van der Waals surface area contributed by atoms with E-state index in [2.05, 4.69) is 38.1 Å². The summed E-state index contributed by atoms with van der Waals surface area (Å²) in [5.74, 6) is -0.270. The molecule has 0 saturated heterocycles. The average molecular weight is 339 g/mol. The number of methoxy groups -OCH3 is 4. The largest absolute Gasteiger partial charge is 0.360 e. The molecule has 0 aliphatic heterocycles. The highest BCUT2D eigenvalue weighted by molar-refractivity contribution is 6.39. The molecule has 2 unspecified atom stereocenters. The van der Waals surface area contributed by atoms with Crippen LogP contribution in [0.25, 0.3) is 0 Å². The lowest BCUT2D eigenvalue weighted by Gasteiger charge is -2.20. The van der Waals surface area contributed by atoms with Gasteiger partial charge in [-0.25, -0.2) is 0 Å². The van der Waals surface area contributed by atoms with Crippen molar-refractivity contribution < 1.29 is 18.9 Å². The van der Waals surface area contributed by atoms with Crippen molar-refractivity contribution in [3.8, 4) is 0 Å². The Balaban J connectivity index is 2.76. The fourth-order valence-electron chi connectivity index (χ4n) is 2.16. The lowest BCUT2D eigenvalue weighted by Crippen LogP contribution is -2.27. The molecule has 4 nitrogen and oxygen atoms in total. The van der Waals surface area contributed by atoms with Crippen molar-refractivity contribution in [2.24, 2.45) is 0 Å². The van der Waals surface area contributed by atoms with Crippen molar-refractivity contribution >= 4 is 19.0 Å². The summed E-state index contributed by atoms with van der Waals surface area (Å²) in [4.78, 5) is 0. The molecule has 0 N–H and O–H groups in total. The molecule has 0 saturated carbocycles. The first-order valence-corrected chi connectivity index (χ1v) is 9.59. The van der Waals surface area contributed by atoms with Crippen LogP contribution in [0.15, 0.2) is 24.3 Å². The van der Waals surface area contributed by atoms with Gasteiger partial charge in [0.15, 0.2) is 0 Å². The van der Waals surface area contributed by atoms with Gasteiger partial charge in [0.25, 0.3) is 0 Å². The van der Waals surface area contributed by atoms with E-state index in [1.807, 2.05) is 0 Å². The maximum absolute atomic E-state index is 5.31. The average Bonchev–Trinajstić information content (AvgIpc) is 2.57. The third-order valence-electron chi connectivity index (χ3n) is 3.54. The van der Waals surface area contributed by atoms with Gasteiger partial charge in [-0.2, -0.15) is 0 Å². The Kier molecular flexibility index (Phi) is 9.15. The number of ether oxygens (including phenoxy) is 4.